The molecule has 0 saturated heterocycles. The van der Waals surface area contributed by atoms with Gasteiger partial charge >= 0.3 is 5.97 Å². The number of amides is 3. The fourth-order valence-electron chi connectivity index (χ4n) is 3.01. The van der Waals surface area contributed by atoms with Crippen LogP contribution >= 0.6 is 12.6 Å². The second-order valence-corrected chi connectivity index (χ2v) is 8.57. The van der Waals surface area contributed by atoms with E-state index in [0.717, 1.165) is 0 Å². The van der Waals surface area contributed by atoms with Crippen molar-refractivity contribution in [1.82, 2.24) is 25.9 Å². The molecule has 0 fully saturated rings. The van der Waals surface area contributed by atoms with Gasteiger partial charge < -0.3 is 31.8 Å². The first kappa shape index (κ1) is 28.4. The number of aromatic nitrogens is 2. The van der Waals surface area contributed by atoms with E-state index in [9.17, 15) is 24.3 Å². The highest BCUT2D eigenvalue weighted by Crippen LogP contribution is 2.11. The van der Waals surface area contributed by atoms with E-state index in [1.165, 1.54) is 12.5 Å². The van der Waals surface area contributed by atoms with E-state index < -0.39 is 47.9 Å². The van der Waals surface area contributed by atoms with Crippen molar-refractivity contribution < 1.29 is 24.3 Å². The van der Waals surface area contributed by atoms with Crippen LogP contribution in [-0.4, -0.2) is 68.7 Å². The number of thiol groups is 1. The zero-order valence-electron chi connectivity index (χ0n) is 19.5. The number of carboxylic acids is 1. The van der Waals surface area contributed by atoms with Crippen LogP contribution in [0.4, 0.5) is 0 Å². The summed E-state index contributed by atoms with van der Waals surface area (Å²) in [5.74, 6) is -3.42. The lowest BCUT2D eigenvalue weighted by atomic mass is 9.96. The Hall–Kier alpha value is -2.60. The Morgan fingerprint density at radius 3 is 2.12 bits per heavy atom. The van der Waals surface area contributed by atoms with Crippen molar-refractivity contribution in [2.45, 2.75) is 71.1 Å². The lowest BCUT2D eigenvalue weighted by molar-refractivity contribution is -0.142. The fourth-order valence-corrected chi connectivity index (χ4v) is 3.26. The molecular formula is C21H36N6O5S. The largest absolute Gasteiger partial charge is 0.480 e. The molecule has 0 aromatic carbocycles. The number of imidazole rings is 1. The van der Waals surface area contributed by atoms with E-state index >= 15 is 0 Å². The summed E-state index contributed by atoms with van der Waals surface area (Å²) < 4.78 is 0. The van der Waals surface area contributed by atoms with Crippen molar-refractivity contribution in [3.63, 3.8) is 0 Å². The minimum Gasteiger partial charge on any atom is -0.480 e. The van der Waals surface area contributed by atoms with Gasteiger partial charge in [0.25, 0.3) is 0 Å². The number of rotatable bonds is 14. The van der Waals surface area contributed by atoms with Crippen molar-refractivity contribution in [2.24, 2.45) is 17.6 Å². The number of nitrogens with one attached hydrogen (secondary N) is 4. The quantitative estimate of drug-likeness (QED) is 0.179. The lowest BCUT2D eigenvalue weighted by Gasteiger charge is -2.28. The van der Waals surface area contributed by atoms with Gasteiger partial charge in [0.1, 0.15) is 18.1 Å². The predicted molar refractivity (Wildman–Crippen MR) is 126 cm³/mol. The number of H-pyrrole nitrogens is 1. The molecule has 7 N–H and O–H groups in total. The molecule has 11 nitrogen and oxygen atoms in total. The fraction of sp³-hybridized carbons (Fsp3) is 0.667. The zero-order chi connectivity index (χ0) is 25.1. The van der Waals surface area contributed by atoms with Crippen LogP contribution in [0.3, 0.4) is 0 Å². The molecule has 0 aliphatic rings. The Morgan fingerprint density at radius 1 is 1.03 bits per heavy atom. The number of carbonyl (C=O) groups is 4. The maximum Gasteiger partial charge on any atom is 0.327 e. The van der Waals surface area contributed by atoms with Crippen LogP contribution < -0.4 is 21.7 Å². The number of hydrogen-bond acceptors (Lipinski definition) is 7. The summed E-state index contributed by atoms with van der Waals surface area (Å²) in [5.41, 5.74) is 6.63. The van der Waals surface area contributed by atoms with Gasteiger partial charge in [-0.15, -0.1) is 0 Å². The molecule has 186 valence electrons. The van der Waals surface area contributed by atoms with E-state index in [1.54, 1.807) is 6.92 Å². The number of aliphatic carboxylic acids is 1. The van der Waals surface area contributed by atoms with Gasteiger partial charge in [-0.2, -0.15) is 12.6 Å². The van der Waals surface area contributed by atoms with Crippen molar-refractivity contribution in [3.8, 4) is 0 Å². The van der Waals surface area contributed by atoms with E-state index in [1.807, 2.05) is 20.8 Å². The van der Waals surface area contributed by atoms with Gasteiger partial charge in [-0.3, -0.25) is 14.4 Å². The highest BCUT2D eigenvalue weighted by Gasteiger charge is 2.33. The van der Waals surface area contributed by atoms with Crippen LogP contribution in [0.5, 0.6) is 0 Å². The van der Waals surface area contributed by atoms with Crippen molar-refractivity contribution in [2.75, 3.05) is 5.75 Å². The topological polar surface area (TPSA) is 179 Å². The molecule has 0 saturated carbocycles. The molecule has 12 heteroatoms. The molecule has 0 aliphatic heterocycles. The van der Waals surface area contributed by atoms with Gasteiger partial charge in [-0.25, -0.2) is 9.78 Å². The molecule has 3 amide bonds. The average Bonchev–Trinajstić information content (AvgIpc) is 3.31. The number of nitrogens with two attached hydrogens (primary N) is 1. The summed E-state index contributed by atoms with van der Waals surface area (Å²) in [4.78, 5) is 56.7. The Kier molecular flexibility index (Phi) is 11.9. The van der Waals surface area contributed by atoms with E-state index in [0.29, 0.717) is 18.5 Å². The summed E-state index contributed by atoms with van der Waals surface area (Å²) in [6, 6.07) is -4.02. The average molecular weight is 485 g/mol. The number of nitrogens with zero attached hydrogens (tertiary/aromatic N) is 1. The third-order valence-electron chi connectivity index (χ3n) is 5.76. The number of carbonyl (C=O) groups excluding carboxylic acids is 3. The number of carboxylic acid groups (broad SMARTS) is 1. The summed E-state index contributed by atoms with van der Waals surface area (Å²) in [6.45, 7) is 7.37. The summed E-state index contributed by atoms with van der Waals surface area (Å²) in [5, 5.41) is 17.0. The van der Waals surface area contributed by atoms with Crippen molar-refractivity contribution in [3.05, 3.63) is 18.2 Å². The third kappa shape index (κ3) is 8.69. The molecule has 1 heterocycles. The SMILES string of the molecule is CCC(C)C(N)C(=O)NC(Cc1cnc[nH]1)C(=O)NC(C(=O)NC(CS)C(=O)O)C(C)CC. The van der Waals surface area contributed by atoms with Crippen molar-refractivity contribution >= 4 is 36.3 Å². The second-order valence-electron chi connectivity index (χ2n) is 8.21. The Morgan fingerprint density at radius 2 is 1.64 bits per heavy atom. The van der Waals surface area contributed by atoms with E-state index in [4.69, 9.17) is 5.73 Å². The maximum absolute atomic E-state index is 13.2. The highest BCUT2D eigenvalue weighted by atomic mass is 32.1. The first-order valence-corrected chi connectivity index (χ1v) is 11.7. The second kappa shape index (κ2) is 13.8. The van der Waals surface area contributed by atoms with Gasteiger partial charge in [-0.1, -0.05) is 40.5 Å². The molecule has 1 rings (SSSR count). The van der Waals surface area contributed by atoms with Crippen LogP contribution in [0.1, 0.15) is 46.2 Å². The molecule has 1 aromatic heterocycles. The minimum absolute atomic E-state index is 0.0892. The van der Waals surface area contributed by atoms with Gasteiger partial charge in [0.2, 0.25) is 17.7 Å². The van der Waals surface area contributed by atoms with Crippen LogP contribution in [0.25, 0.3) is 0 Å². The van der Waals surface area contributed by atoms with Crippen LogP contribution in [0, 0.1) is 11.8 Å². The van der Waals surface area contributed by atoms with Crippen LogP contribution in [-0.2, 0) is 25.6 Å². The van der Waals surface area contributed by atoms with Crippen molar-refractivity contribution in [1.29, 1.82) is 0 Å². The van der Waals surface area contributed by atoms with E-state index in [-0.39, 0.29) is 24.0 Å². The van der Waals surface area contributed by atoms with Crippen LogP contribution in [0.15, 0.2) is 12.5 Å². The maximum atomic E-state index is 13.2. The molecule has 33 heavy (non-hydrogen) atoms. The predicted octanol–water partition coefficient (Wildman–Crippen LogP) is -0.159. The van der Waals surface area contributed by atoms with Gasteiger partial charge in [0, 0.05) is 24.1 Å². The molecule has 0 radical (unpaired) electrons. The molecule has 6 unspecified atom stereocenters. The van der Waals surface area contributed by atoms with Gasteiger partial charge in [0.05, 0.1) is 12.4 Å². The molecule has 6 atom stereocenters. The van der Waals surface area contributed by atoms with Gasteiger partial charge in [0.15, 0.2) is 0 Å². The van der Waals surface area contributed by atoms with E-state index in [2.05, 4.69) is 38.5 Å². The zero-order valence-corrected chi connectivity index (χ0v) is 20.4. The third-order valence-corrected chi connectivity index (χ3v) is 6.13. The molecule has 0 aliphatic carbocycles. The summed E-state index contributed by atoms with van der Waals surface area (Å²) in [7, 11) is 0. The molecule has 0 bridgehead atoms. The monoisotopic (exact) mass is 484 g/mol. The summed E-state index contributed by atoms with van der Waals surface area (Å²) >= 11 is 3.95. The molecule has 1 aromatic rings. The standard InChI is InChI=1S/C21H36N6O5S/c1-5-11(3)16(22)19(29)25-14(7-13-8-23-10-24-13)18(28)27-17(12(4)6-2)20(30)26-15(9-33)21(31)32/h8,10-12,14-17,33H,5-7,9,22H2,1-4H3,(H,23,24)(H,25,29)(H,26,30)(H,27,28)(H,31,32). The molecular weight excluding hydrogens is 448 g/mol. The first-order chi connectivity index (χ1) is 15.5. The summed E-state index contributed by atoms with van der Waals surface area (Å²) in [6.07, 6.45) is 4.33. The lowest BCUT2D eigenvalue weighted by Crippen LogP contribution is -2.59. The highest BCUT2D eigenvalue weighted by molar-refractivity contribution is 7.80. The van der Waals surface area contributed by atoms with Crippen LogP contribution in [0.2, 0.25) is 0 Å². The Balaban J connectivity index is 3.07. The first-order valence-electron chi connectivity index (χ1n) is 11.0. The molecule has 0 spiro atoms. The number of aromatic amines is 1. The Bertz CT molecular complexity index is 790. The normalized spacial score (nSPS) is 16.5. The minimum atomic E-state index is -1.23. The number of hydrogen-bond donors (Lipinski definition) is 7. The van der Waals surface area contributed by atoms with Gasteiger partial charge in [-0.05, 0) is 11.8 Å². The Labute approximate surface area is 199 Å². The smallest absolute Gasteiger partial charge is 0.327 e.